The molecular weight excluding hydrogens is 1620 g/mol. The average molecular weight is 1740 g/mol. The highest BCUT2D eigenvalue weighted by Crippen LogP contribution is 2.54. The predicted octanol–water partition coefficient (Wildman–Crippen LogP) is 16.5. The first-order chi connectivity index (χ1) is 62.1. The maximum absolute atomic E-state index is 13.4. The molecule has 0 atom stereocenters. The molecule has 4 saturated carbocycles. The van der Waals surface area contributed by atoms with E-state index in [9.17, 15) is 38.4 Å². The first-order valence-electron chi connectivity index (χ1n) is 45.8. The summed E-state index contributed by atoms with van der Waals surface area (Å²) < 4.78 is 10.5. The van der Waals surface area contributed by atoms with Crippen molar-refractivity contribution in [2.45, 2.75) is 187 Å². The molecule has 4 spiro atoms. The lowest BCUT2D eigenvalue weighted by Crippen LogP contribution is -2.54. The number of methoxy groups -OCH3 is 2. The largest absolute Gasteiger partial charge is 0.497 e. The number of ketones is 1. The molecule has 9 aromatic rings. The molecule has 20 rings (SSSR count). The van der Waals surface area contributed by atoms with Gasteiger partial charge < -0.3 is 51.2 Å². The molecule has 0 radical (unpaired) electrons. The molecule has 4 aliphatic carbocycles. The highest BCUT2D eigenvalue weighted by molar-refractivity contribution is 6.53. The van der Waals surface area contributed by atoms with Crippen LogP contribution in [0, 0.1) is 5.92 Å². The van der Waals surface area contributed by atoms with Crippen molar-refractivity contribution in [1.29, 1.82) is 0 Å². The minimum atomic E-state index is -0.580. The molecule has 0 bridgehead atoms. The second kappa shape index (κ2) is 35.6. The zero-order chi connectivity index (χ0) is 90.4. The quantitative estimate of drug-likeness (QED) is 0.0465. The lowest BCUT2D eigenvalue weighted by molar-refractivity contribution is -0.117. The highest BCUT2D eigenvalue weighted by Gasteiger charge is 2.56. The van der Waals surface area contributed by atoms with Crippen molar-refractivity contribution < 1.29 is 47.8 Å². The summed E-state index contributed by atoms with van der Waals surface area (Å²) in [5.41, 5.74) is 13.3. The van der Waals surface area contributed by atoms with Gasteiger partial charge in [0, 0.05) is 45.7 Å². The van der Waals surface area contributed by atoms with E-state index < -0.39 is 11.7 Å². The third kappa shape index (κ3) is 16.7. The van der Waals surface area contributed by atoms with Crippen LogP contribution < -0.4 is 65.9 Å². The summed E-state index contributed by atoms with van der Waals surface area (Å²) in [6.45, 7) is 7.91. The van der Waals surface area contributed by atoms with E-state index in [0.717, 1.165) is 166 Å². The van der Waals surface area contributed by atoms with Crippen molar-refractivity contribution >= 4 is 81.8 Å². The molecule has 7 heterocycles. The predicted molar refractivity (Wildman–Crippen MR) is 505 cm³/mol. The van der Waals surface area contributed by atoms with E-state index >= 15 is 0 Å². The molecule has 8 fully saturated rings. The lowest BCUT2D eigenvalue weighted by Gasteiger charge is -2.48. The van der Waals surface area contributed by atoms with Crippen molar-refractivity contribution in [3.63, 3.8) is 0 Å². The Kier molecular flexibility index (Phi) is 24.4. The van der Waals surface area contributed by atoms with Crippen molar-refractivity contribution in [1.82, 2.24) is 41.3 Å². The molecular formula is C105H122N14O10. The normalized spacial score (nSPS) is 26.5. The molecule has 11 aliphatic rings. The van der Waals surface area contributed by atoms with Crippen LogP contribution in [0.5, 0.6) is 11.5 Å². The molecule has 11 amide bonds. The SMILES string of the molecule is CN(C)C1(c2ccccc2)CCC2(CC1)CN(c1cccc3c1CC(=O)N3)C(=O)N2.CN(C)C1(c2ccccc2)CCC2(CC1)CNC(=O)N2.COc1ccc(CN2C(=O)C(=O)c3c(N4CC5(CCC(c6ccccc6)(N(C)C)CC5)NC4=O)cccc32)cc1.COc1ccc(CN2C(=O)Cc3c2cccc3N2CC3(CCC(c4ccccc4)(C(C)C)CC3)NC2=O)cc1. The van der Waals surface area contributed by atoms with Gasteiger partial charge in [0.25, 0.3) is 11.7 Å². The topological polar surface area (TPSA) is 253 Å². The van der Waals surface area contributed by atoms with Crippen LogP contribution in [0.2, 0.25) is 0 Å². The van der Waals surface area contributed by atoms with Crippen LogP contribution >= 0.6 is 0 Å². The monoisotopic (exact) mass is 1740 g/mol. The third-order valence-electron chi connectivity index (χ3n) is 31.0. The minimum absolute atomic E-state index is 0.00497. The molecule has 24 heteroatoms. The lowest BCUT2D eigenvalue weighted by atomic mass is 9.59. The Morgan fingerprint density at radius 1 is 0.364 bits per heavy atom. The van der Waals surface area contributed by atoms with Crippen LogP contribution in [0.15, 0.2) is 224 Å². The molecule has 9 aromatic carbocycles. The number of hydrogen-bond acceptors (Lipinski definition) is 13. The maximum Gasteiger partial charge on any atom is 0.322 e. The smallest absolute Gasteiger partial charge is 0.322 e. The number of fused-ring (bicyclic) bond motifs is 3. The van der Waals surface area contributed by atoms with Crippen molar-refractivity contribution in [2.75, 3.05) is 113 Å². The fourth-order valence-electron chi connectivity index (χ4n) is 23.1. The Balaban J connectivity index is 0.000000124. The zero-order valence-electron chi connectivity index (χ0n) is 76.1. The van der Waals surface area contributed by atoms with Crippen LogP contribution in [0.3, 0.4) is 0 Å². The number of carbonyl (C=O) groups is 8. The second-order valence-electron chi connectivity index (χ2n) is 38.6. The van der Waals surface area contributed by atoms with Gasteiger partial charge in [0.1, 0.15) is 11.5 Å². The molecule has 672 valence electrons. The van der Waals surface area contributed by atoms with E-state index in [0.29, 0.717) is 61.9 Å². The van der Waals surface area contributed by atoms with Gasteiger partial charge >= 0.3 is 24.1 Å². The Morgan fingerprint density at radius 3 is 1.15 bits per heavy atom. The van der Waals surface area contributed by atoms with Gasteiger partial charge in [-0.15, -0.1) is 0 Å². The van der Waals surface area contributed by atoms with E-state index in [4.69, 9.17) is 9.47 Å². The van der Waals surface area contributed by atoms with Crippen LogP contribution in [-0.2, 0) is 62.3 Å². The summed E-state index contributed by atoms with van der Waals surface area (Å²) >= 11 is 0. The fraction of sp³-hybridized carbons (Fsp3) is 0.410. The number of carbonyl (C=O) groups excluding carboxylic acids is 8. The number of rotatable bonds is 17. The van der Waals surface area contributed by atoms with Gasteiger partial charge in [0.2, 0.25) is 11.8 Å². The summed E-state index contributed by atoms with van der Waals surface area (Å²) in [4.78, 5) is 118. The summed E-state index contributed by atoms with van der Waals surface area (Å²) in [5, 5.41) is 18.9. The van der Waals surface area contributed by atoms with E-state index in [1.54, 1.807) is 31.3 Å². The summed E-state index contributed by atoms with van der Waals surface area (Å²) in [7, 11) is 16.1. The molecule has 24 nitrogen and oxygen atoms in total. The minimum Gasteiger partial charge on any atom is -0.497 e. The van der Waals surface area contributed by atoms with Crippen molar-refractivity contribution in [3.8, 4) is 11.5 Å². The van der Waals surface area contributed by atoms with E-state index in [2.05, 4.69) is 218 Å². The molecule has 7 aliphatic heterocycles. The zero-order valence-corrected chi connectivity index (χ0v) is 76.1. The first-order valence-corrected chi connectivity index (χ1v) is 45.8. The average Bonchev–Trinajstić information content (AvgIpc) is 1.59. The van der Waals surface area contributed by atoms with E-state index in [1.807, 2.05) is 112 Å². The number of urea groups is 4. The number of Topliss-reactive ketones (excluding diaryl/α,β-unsaturated/α-hetero) is 1. The number of anilines is 6. The van der Waals surface area contributed by atoms with Crippen molar-refractivity contribution in [2.24, 2.45) is 5.92 Å². The van der Waals surface area contributed by atoms with Gasteiger partial charge in [-0.3, -0.25) is 48.6 Å². The molecule has 0 unspecified atom stereocenters. The van der Waals surface area contributed by atoms with Crippen LogP contribution in [0.25, 0.3) is 0 Å². The number of benzene rings is 9. The number of nitrogens with zero attached hydrogens (tertiary/aromatic N) is 8. The first kappa shape index (κ1) is 88.6. The Bertz CT molecular complexity index is 5660. The summed E-state index contributed by atoms with van der Waals surface area (Å²) in [6.07, 6.45) is 16.1. The molecule has 0 aromatic heterocycles. The van der Waals surface area contributed by atoms with Gasteiger partial charge in [0.15, 0.2) is 0 Å². The van der Waals surface area contributed by atoms with Crippen LogP contribution in [0.4, 0.5) is 53.3 Å². The summed E-state index contributed by atoms with van der Waals surface area (Å²) in [6, 6.07) is 74.9. The highest BCUT2D eigenvalue weighted by atomic mass is 16.5. The van der Waals surface area contributed by atoms with Crippen molar-refractivity contribution in [3.05, 3.63) is 275 Å². The van der Waals surface area contributed by atoms with Gasteiger partial charge in [-0.1, -0.05) is 178 Å². The number of ether oxygens (including phenoxy) is 2. The van der Waals surface area contributed by atoms with Gasteiger partial charge in [-0.25, -0.2) is 19.2 Å². The van der Waals surface area contributed by atoms with Crippen LogP contribution in [0.1, 0.15) is 171 Å². The van der Waals surface area contributed by atoms with Gasteiger partial charge in [0.05, 0.1) is 110 Å². The Morgan fingerprint density at radius 2 is 0.736 bits per heavy atom. The number of hydrogen-bond donors (Lipinski definition) is 6. The second-order valence-corrected chi connectivity index (χ2v) is 38.6. The van der Waals surface area contributed by atoms with E-state index in [-0.39, 0.29) is 86.7 Å². The Hall–Kier alpha value is -12.4. The fourth-order valence-corrected chi connectivity index (χ4v) is 23.1. The van der Waals surface area contributed by atoms with Gasteiger partial charge in [-0.05, 0) is 250 Å². The molecule has 4 saturated heterocycles. The molecule has 129 heavy (non-hydrogen) atoms. The maximum atomic E-state index is 13.4. The standard InChI is InChI=1S/C33H37N3O3.C32H34N4O4.C24H28N4O2.C16H23N3O/c1-23(2)33(25-8-5-4-6-9-25)18-16-32(17-19-33)22-36(31(38)34-32)29-11-7-10-28-27(29)20-30(37)35(28)21-24-12-14-26(39-3)15-13-24;1-34(2)32(23-8-5-4-6-9-23)18-16-31(17-19-32)21-36(30(39)33-31)26-11-7-10-25-27(26)28(37)29(38)35(25)20-22-12-14-24(40-3)15-13-22;1-27(2)24(17-7-4-3-5-8-17)13-11-23(12-14-24)16-28(22(30)26-23)20-10-6-9-19-18(20)15-21(29)25-19;1-19(2)16(13-6-4-3-5-7-13)10-8-15(9-11-16)12-17-14(20)18-15/h4-15,23H,16-22H2,1-3H3,(H,34,38);4-15H,16-21H2,1-3H3,(H,33,39);3-10H,11-16H2,1-2H3,(H,25,29)(H,26,30);3-7H,8-12H2,1-2H3,(H2,17,18,20). The Labute approximate surface area is 757 Å². The van der Waals surface area contributed by atoms with E-state index in [1.165, 1.54) is 27.2 Å². The molecule has 6 N–H and O–H groups in total. The number of amides is 11. The third-order valence-corrected chi connectivity index (χ3v) is 31.0. The van der Waals surface area contributed by atoms with Crippen LogP contribution in [-0.4, -0.2) is 167 Å². The summed E-state index contributed by atoms with van der Waals surface area (Å²) in [5.74, 6) is 0.924. The van der Waals surface area contributed by atoms with Gasteiger partial charge in [-0.2, -0.15) is 0 Å². The number of nitrogens with one attached hydrogen (secondary N) is 6.